The summed E-state index contributed by atoms with van der Waals surface area (Å²) in [6.07, 6.45) is -8.17. The third-order valence-corrected chi connectivity index (χ3v) is 18.6. The summed E-state index contributed by atoms with van der Waals surface area (Å²) in [6.45, 7) is 3.02. The molecule has 0 aliphatic carbocycles. The van der Waals surface area contributed by atoms with Crippen LogP contribution in [-0.4, -0.2) is 191 Å². The maximum Gasteiger partial charge on any atom is 0.489 e. The van der Waals surface area contributed by atoms with Crippen LogP contribution in [0.4, 0.5) is 5.82 Å². The van der Waals surface area contributed by atoms with Crippen LogP contribution in [-0.2, 0) is 54.4 Å². The molecular weight excluding hydrogens is 1020 g/mol. The molecule has 33 heteroatoms. The van der Waals surface area contributed by atoms with Gasteiger partial charge in [0.25, 0.3) is 27.8 Å². The lowest BCUT2D eigenvalue weighted by Gasteiger charge is -2.31. The van der Waals surface area contributed by atoms with Crippen molar-refractivity contribution in [1.82, 2.24) is 24.8 Å². The van der Waals surface area contributed by atoms with Crippen LogP contribution in [0.2, 0.25) is 11.6 Å². The first-order valence-electron chi connectivity index (χ1n) is 22.1. The Hall–Kier alpha value is -2.90. The Morgan fingerprint density at radius 2 is 1.65 bits per heavy atom. The maximum atomic E-state index is 12.6. The van der Waals surface area contributed by atoms with Gasteiger partial charge in [0, 0.05) is 39.4 Å². The molecule has 12 atom stereocenters. The molecule has 5 rings (SSSR count). The van der Waals surface area contributed by atoms with Gasteiger partial charge in [-0.15, -0.1) is 0 Å². The zero-order chi connectivity index (χ0) is 51.2. The summed E-state index contributed by atoms with van der Waals surface area (Å²) < 4.78 is 80.2. The number of aliphatic hydroxyl groups is 6. The Balaban J connectivity index is 0.0000110. The third-order valence-electron chi connectivity index (χ3n) is 10.7. The Morgan fingerprint density at radius 3 is 2.31 bits per heavy atom. The van der Waals surface area contributed by atoms with E-state index in [9.17, 15) is 54.4 Å². The summed E-state index contributed by atoms with van der Waals surface area (Å²) in [6, 6.07) is 3.50. The predicted octanol–water partition coefficient (Wildman–Crippen LogP) is -3.57. The number of phosphoric acid groups is 2. The van der Waals surface area contributed by atoms with Crippen LogP contribution in [0.1, 0.15) is 56.9 Å². The fraction of sp³-hybridized carbons (Fsp3) is 0.711. The van der Waals surface area contributed by atoms with Crippen molar-refractivity contribution in [2.75, 3.05) is 72.2 Å². The van der Waals surface area contributed by atoms with Crippen molar-refractivity contribution < 1.29 is 104 Å². The summed E-state index contributed by atoms with van der Waals surface area (Å²) in [5, 5.41) is 69.2. The monoisotopic (exact) mass is 1090 g/mol. The first-order valence-corrected chi connectivity index (χ1v) is 28.3. The molecule has 2 aliphatic rings. The molecule has 1 amide bonds. The number of primary amides is 1. The van der Waals surface area contributed by atoms with Gasteiger partial charge in [-0.05, 0) is 31.0 Å². The summed E-state index contributed by atoms with van der Waals surface area (Å²) in [4.78, 5) is 49.2. The number of carbonyl (C=O) groups excluding carboxylic acids is 1. The van der Waals surface area contributed by atoms with E-state index in [0.29, 0.717) is 18.1 Å². The number of nitrogens with one attached hydrogen (secondary N) is 2. The number of imidazole rings is 1. The second-order valence-corrected chi connectivity index (χ2v) is 25.3. The molecule has 10 N–H and O–H groups in total. The van der Waals surface area contributed by atoms with Gasteiger partial charge in [-0.2, -0.15) is 4.57 Å². The number of carbonyl (C=O) groups is 1. The highest BCUT2D eigenvalue weighted by atomic mass is 31.3. The van der Waals surface area contributed by atoms with Gasteiger partial charge in [0.15, 0.2) is 57.8 Å². The van der Waals surface area contributed by atoms with Crippen LogP contribution in [0.15, 0.2) is 37.2 Å². The molecule has 29 nitrogen and oxygen atoms in total. The highest BCUT2D eigenvalue weighted by Gasteiger charge is 2.49. The quantitative estimate of drug-likeness (QED) is 0.00960. The molecule has 404 valence electrons. The smallest absolute Gasteiger partial charge is 0.489 e. The number of aliphatic hydroxyl groups excluding tert-OH is 6. The Bertz CT molecular complexity index is 2210. The van der Waals surface area contributed by atoms with Crippen molar-refractivity contribution in [3.05, 3.63) is 42.7 Å². The summed E-state index contributed by atoms with van der Waals surface area (Å²) in [5.74, 6) is -0.625. The number of ether oxygens (including phenoxy) is 4. The number of nitrogens with zero attached hydrogens (tertiary/aromatic N) is 5. The van der Waals surface area contributed by atoms with Gasteiger partial charge in [0.05, 0.1) is 45.5 Å². The number of rotatable bonds is 32. The minimum absolute atomic E-state index is 0. The number of nitrogens with two attached hydrogens (primary N) is 1. The van der Waals surface area contributed by atoms with E-state index in [1.165, 1.54) is 40.0 Å². The topological polar surface area (TPSA) is 409 Å². The molecule has 0 spiro atoms. The number of phosphoric ester groups is 2. The first-order chi connectivity index (χ1) is 33.2. The SMILES string of the molecule is C.CO[Si](CCCCNCC(O)OCCOCC(O)CNc1ncnc2c1ncn2[C@H]1O[C@@H](COP(=O)([O-])OP(=O)([O-])OC[C@H]2O[C@@H]([n+]3cccc(C(N)=O)c3)[C@@H](O)C2O)[C@@H](O)C1O)(OC)O[SiH2]C(C)C. The van der Waals surface area contributed by atoms with Gasteiger partial charge >= 0.3 is 8.80 Å². The van der Waals surface area contributed by atoms with Crippen molar-refractivity contribution in [1.29, 1.82) is 0 Å². The number of pyridine rings is 1. The number of aromatic nitrogens is 5. The van der Waals surface area contributed by atoms with Crippen LogP contribution in [0.3, 0.4) is 0 Å². The zero-order valence-electron chi connectivity index (χ0n) is 38.8. The highest BCUT2D eigenvalue weighted by molar-refractivity contribution is 7.59. The molecule has 6 unspecified atom stereocenters. The molecular formula is C38H67N8O21P2Si2-. The molecule has 3 aromatic heterocycles. The molecule has 71 heavy (non-hydrogen) atoms. The zero-order valence-corrected chi connectivity index (χ0v) is 43.0. The second-order valence-electron chi connectivity index (χ2n) is 16.5. The molecule has 2 fully saturated rings. The van der Waals surface area contributed by atoms with Gasteiger partial charge in [0.2, 0.25) is 0 Å². The highest BCUT2D eigenvalue weighted by Crippen LogP contribution is 2.56. The Kier molecular flexibility index (Phi) is 24.0. The minimum Gasteiger partial charge on any atom is -0.756 e. The fourth-order valence-corrected chi connectivity index (χ4v) is 14.2. The number of anilines is 1. The van der Waals surface area contributed by atoms with Crippen molar-refractivity contribution in [2.24, 2.45) is 5.73 Å². The standard InChI is InChI=1S/C37H64N8O21P2Si2.CH4/c1-22(2)69-66-70(57-3,58-4)13-6-5-9-39-15-27(47)60-12-11-59-17-24(46)14-40-34-28-35(42-20-41-34)45(21-43-28)37-32(51)30(49)26(64-37)19-62-68(55,56)65-67(53,54)61-18-25-29(48)31(50)36(63-25)44-10-7-8-23(16-44)33(38)52;/h7-8,10,16,20-22,24-27,29-32,36-37,39,46-51H,5-6,9,11-15,17-19,69H2,1-4H3,(H4-,38,40,41,42,52,53,54,55,56);1H4/p-1/t24?,25-,26+,27?,29?,30-,31+,32?,36-,37+;/m1./s1. The van der Waals surface area contributed by atoms with Crippen molar-refractivity contribution >= 4 is 57.1 Å². The number of amides is 1. The van der Waals surface area contributed by atoms with Gasteiger partial charge in [-0.3, -0.25) is 18.5 Å². The number of hydrogen-bond donors (Lipinski definition) is 9. The predicted molar refractivity (Wildman–Crippen MR) is 246 cm³/mol. The van der Waals surface area contributed by atoms with E-state index in [4.69, 9.17) is 37.6 Å². The number of hydrogen-bond acceptors (Lipinski definition) is 26. The van der Waals surface area contributed by atoms with Crippen molar-refractivity contribution in [2.45, 2.75) is 107 Å². The van der Waals surface area contributed by atoms with Gasteiger partial charge < -0.3 is 97.8 Å². The van der Waals surface area contributed by atoms with Crippen LogP contribution in [0.25, 0.3) is 11.2 Å². The van der Waals surface area contributed by atoms with Crippen LogP contribution in [0, 0.1) is 0 Å². The molecule has 0 saturated carbocycles. The lowest BCUT2D eigenvalue weighted by molar-refractivity contribution is -0.765. The van der Waals surface area contributed by atoms with E-state index in [1.807, 2.05) is 0 Å². The first kappa shape index (κ1) is 60.7. The van der Waals surface area contributed by atoms with E-state index >= 15 is 0 Å². The summed E-state index contributed by atoms with van der Waals surface area (Å²) >= 11 is 0. The molecule has 3 aromatic rings. The maximum absolute atomic E-state index is 12.6. The Labute approximate surface area is 413 Å². The summed E-state index contributed by atoms with van der Waals surface area (Å²) in [7, 11) is -11.7. The second kappa shape index (κ2) is 28.1. The number of unbranched alkanes of at least 4 members (excludes halogenated alkanes) is 1. The van der Waals surface area contributed by atoms with Crippen LogP contribution < -0.4 is 30.7 Å². The van der Waals surface area contributed by atoms with E-state index in [2.05, 4.69) is 52.8 Å². The average Bonchev–Trinajstić information content (AvgIpc) is 3.97. The van der Waals surface area contributed by atoms with Gasteiger partial charge in [-0.1, -0.05) is 21.3 Å². The third kappa shape index (κ3) is 17.6. The fourth-order valence-electron chi connectivity index (χ4n) is 7.06. The lowest BCUT2D eigenvalue weighted by atomic mass is 10.1. The molecule has 0 bridgehead atoms. The van der Waals surface area contributed by atoms with Crippen molar-refractivity contribution in [3.63, 3.8) is 0 Å². The van der Waals surface area contributed by atoms with E-state index in [-0.39, 0.29) is 62.9 Å². The lowest BCUT2D eigenvalue weighted by Crippen LogP contribution is -2.46. The molecule has 5 heterocycles. The normalized spacial score (nSPS) is 25.4. The van der Waals surface area contributed by atoms with Gasteiger partial charge in [0.1, 0.15) is 42.4 Å². The minimum atomic E-state index is -5.78. The molecule has 2 saturated heterocycles. The van der Waals surface area contributed by atoms with Crippen LogP contribution in [0.5, 0.6) is 0 Å². The molecule has 0 aromatic carbocycles. The summed E-state index contributed by atoms with van der Waals surface area (Å²) in [5.41, 5.74) is 6.06. The molecule has 2 aliphatic heterocycles. The Morgan fingerprint density at radius 1 is 0.972 bits per heavy atom. The van der Waals surface area contributed by atoms with E-state index in [0.717, 1.165) is 19.2 Å². The number of fused-ring (bicyclic) bond motifs is 1. The average molecular weight is 1090 g/mol. The van der Waals surface area contributed by atoms with Crippen molar-refractivity contribution in [3.8, 4) is 0 Å². The molecule has 0 radical (unpaired) electrons. The largest absolute Gasteiger partial charge is 0.756 e. The van der Waals surface area contributed by atoms with Gasteiger partial charge in [-0.25, -0.2) is 19.3 Å². The van der Waals surface area contributed by atoms with Crippen LogP contribution >= 0.6 is 15.6 Å². The van der Waals surface area contributed by atoms with E-state index < -0.39 is 115 Å². The van der Waals surface area contributed by atoms with E-state index in [1.54, 1.807) is 14.2 Å².